The van der Waals surface area contributed by atoms with Crippen molar-refractivity contribution >= 4 is 22.4 Å². The van der Waals surface area contributed by atoms with Crippen LogP contribution in [0.1, 0.15) is 0 Å². The zero-order valence-electron chi connectivity index (χ0n) is 10.8. The van der Waals surface area contributed by atoms with Crippen molar-refractivity contribution in [2.24, 2.45) is 5.92 Å². The maximum atomic E-state index is 10.8. The zero-order valence-corrected chi connectivity index (χ0v) is 11.6. The van der Waals surface area contributed by atoms with Crippen LogP contribution < -0.4 is 9.64 Å². The van der Waals surface area contributed by atoms with Crippen LogP contribution in [0.4, 0.5) is 5.13 Å². The van der Waals surface area contributed by atoms with Crippen LogP contribution >= 0.6 is 11.3 Å². The molecule has 7 heteroatoms. The number of aromatic nitrogens is 2. The molecule has 2 aromatic rings. The molecule has 1 saturated heterocycles. The summed E-state index contributed by atoms with van der Waals surface area (Å²) in [6.45, 7) is 1.01. The lowest BCUT2D eigenvalue weighted by Gasteiger charge is -2.35. The molecule has 2 heterocycles. The Morgan fingerprint density at radius 2 is 2.05 bits per heavy atom. The summed E-state index contributed by atoms with van der Waals surface area (Å²) in [6, 6.07) is 7.61. The van der Waals surface area contributed by atoms with Gasteiger partial charge in [0.2, 0.25) is 5.13 Å². The number of benzene rings is 1. The Hall–Kier alpha value is -2.15. The molecular weight excluding hydrogens is 278 g/mol. The number of carboxylic acids is 1. The number of carbonyl (C=O) groups is 1. The number of anilines is 1. The van der Waals surface area contributed by atoms with E-state index >= 15 is 0 Å². The fourth-order valence-electron chi connectivity index (χ4n) is 1.98. The van der Waals surface area contributed by atoms with Gasteiger partial charge in [-0.05, 0) is 24.3 Å². The summed E-state index contributed by atoms with van der Waals surface area (Å²) in [5.41, 5.74) is 0.977. The van der Waals surface area contributed by atoms with E-state index in [2.05, 4.69) is 10.2 Å². The Labute approximate surface area is 119 Å². The van der Waals surface area contributed by atoms with E-state index in [-0.39, 0.29) is 5.92 Å². The van der Waals surface area contributed by atoms with Gasteiger partial charge in [0.15, 0.2) is 0 Å². The molecule has 0 atom stereocenters. The third kappa shape index (κ3) is 2.32. The van der Waals surface area contributed by atoms with E-state index in [9.17, 15) is 4.79 Å². The van der Waals surface area contributed by atoms with Crippen LogP contribution in [0, 0.1) is 5.92 Å². The van der Waals surface area contributed by atoms with Crippen molar-refractivity contribution in [3.8, 4) is 16.3 Å². The van der Waals surface area contributed by atoms with Gasteiger partial charge in [-0.1, -0.05) is 11.3 Å². The van der Waals surface area contributed by atoms with Gasteiger partial charge in [0.25, 0.3) is 0 Å². The SMILES string of the molecule is COc1ccc(-c2nnc(N3CC(C(=O)O)C3)s2)cc1. The van der Waals surface area contributed by atoms with Gasteiger partial charge in [0.05, 0.1) is 13.0 Å². The minimum Gasteiger partial charge on any atom is -0.497 e. The van der Waals surface area contributed by atoms with Gasteiger partial charge in [0.1, 0.15) is 10.8 Å². The average Bonchev–Trinajstić information content (AvgIpc) is 2.86. The number of carboxylic acid groups (broad SMARTS) is 1. The summed E-state index contributed by atoms with van der Waals surface area (Å²) < 4.78 is 5.11. The Kier molecular flexibility index (Phi) is 3.27. The van der Waals surface area contributed by atoms with Crippen LogP contribution in [-0.2, 0) is 4.79 Å². The molecule has 1 aliphatic heterocycles. The van der Waals surface area contributed by atoms with E-state index in [1.54, 1.807) is 7.11 Å². The molecule has 104 valence electrons. The summed E-state index contributed by atoms with van der Waals surface area (Å²) in [5.74, 6) is -0.241. The lowest BCUT2D eigenvalue weighted by Crippen LogP contribution is -2.50. The first kappa shape index (κ1) is 12.9. The monoisotopic (exact) mass is 291 g/mol. The molecule has 0 amide bonds. The Morgan fingerprint density at radius 3 is 2.65 bits per heavy atom. The van der Waals surface area contributed by atoms with Gasteiger partial charge in [-0.15, -0.1) is 10.2 Å². The van der Waals surface area contributed by atoms with Crippen molar-refractivity contribution in [3.63, 3.8) is 0 Å². The quantitative estimate of drug-likeness (QED) is 0.924. The van der Waals surface area contributed by atoms with Gasteiger partial charge in [-0.3, -0.25) is 4.79 Å². The van der Waals surface area contributed by atoms with Crippen LogP contribution in [-0.4, -0.2) is 41.5 Å². The van der Waals surface area contributed by atoms with Crippen molar-refractivity contribution in [2.45, 2.75) is 0 Å². The van der Waals surface area contributed by atoms with Gasteiger partial charge >= 0.3 is 5.97 Å². The standard InChI is InChI=1S/C13H13N3O3S/c1-19-10-4-2-8(3-5-10)11-14-15-13(20-11)16-6-9(7-16)12(17)18/h2-5,9H,6-7H2,1H3,(H,17,18). The molecule has 0 saturated carbocycles. The maximum absolute atomic E-state index is 10.8. The van der Waals surface area contributed by atoms with E-state index < -0.39 is 5.97 Å². The van der Waals surface area contributed by atoms with Crippen LogP contribution in [0.25, 0.3) is 10.6 Å². The minimum atomic E-state index is -0.749. The van der Waals surface area contributed by atoms with Gasteiger partial charge in [-0.25, -0.2) is 0 Å². The number of hydrogen-bond donors (Lipinski definition) is 1. The normalized spacial score (nSPS) is 14.9. The fraction of sp³-hybridized carbons (Fsp3) is 0.308. The van der Waals surface area contributed by atoms with Crippen molar-refractivity contribution < 1.29 is 14.6 Å². The number of methoxy groups -OCH3 is 1. The predicted molar refractivity (Wildman–Crippen MR) is 75.2 cm³/mol. The molecule has 0 spiro atoms. The summed E-state index contributed by atoms with van der Waals surface area (Å²) in [5, 5.41) is 18.7. The van der Waals surface area contributed by atoms with E-state index in [4.69, 9.17) is 9.84 Å². The first-order valence-electron chi connectivity index (χ1n) is 6.13. The number of aliphatic carboxylic acids is 1. The lowest BCUT2D eigenvalue weighted by atomic mass is 10.0. The molecule has 0 bridgehead atoms. The molecule has 1 fully saturated rings. The third-order valence-electron chi connectivity index (χ3n) is 3.25. The molecule has 1 aromatic carbocycles. The van der Waals surface area contributed by atoms with Gasteiger partial charge in [-0.2, -0.15) is 0 Å². The molecular formula is C13H13N3O3S. The molecule has 1 aromatic heterocycles. The topological polar surface area (TPSA) is 75.6 Å². The summed E-state index contributed by atoms with van der Waals surface area (Å²) in [4.78, 5) is 12.7. The average molecular weight is 291 g/mol. The predicted octanol–water partition coefficient (Wildman–Crippen LogP) is 1.73. The van der Waals surface area contributed by atoms with Crippen molar-refractivity contribution in [1.29, 1.82) is 0 Å². The Bertz CT molecular complexity index is 620. The highest BCUT2D eigenvalue weighted by Crippen LogP contribution is 2.32. The summed E-state index contributed by atoms with van der Waals surface area (Å²) in [6.07, 6.45) is 0. The van der Waals surface area contributed by atoms with Crippen LogP contribution in [0.2, 0.25) is 0 Å². The smallest absolute Gasteiger partial charge is 0.310 e. The fourth-order valence-corrected chi connectivity index (χ4v) is 2.85. The highest BCUT2D eigenvalue weighted by atomic mass is 32.1. The van der Waals surface area contributed by atoms with Crippen molar-refractivity contribution in [3.05, 3.63) is 24.3 Å². The number of ether oxygens (including phenoxy) is 1. The van der Waals surface area contributed by atoms with Crippen LogP contribution in [0.5, 0.6) is 5.75 Å². The molecule has 3 rings (SSSR count). The second kappa shape index (κ2) is 5.09. The van der Waals surface area contributed by atoms with Crippen LogP contribution in [0.3, 0.4) is 0 Å². The molecule has 0 aliphatic carbocycles. The molecule has 1 aliphatic rings. The minimum absolute atomic E-state index is 0.289. The maximum Gasteiger partial charge on any atom is 0.310 e. The molecule has 6 nitrogen and oxygen atoms in total. The Morgan fingerprint density at radius 1 is 1.35 bits per heavy atom. The first-order chi connectivity index (χ1) is 9.67. The second-order valence-corrected chi connectivity index (χ2v) is 5.51. The van der Waals surface area contributed by atoms with Gasteiger partial charge < -0.3 is 14.7 Å². The van der Waals surface area contributed by atoms with E-state index in [1.165, 1.54) is 11.3 Å². The number of rotatable bonds is 4. The highest BCUT2D eigenvalue weighted by Gasteiger charge is 2.34. The molecule has 20 heavy (non-hydrogen) atoms. The molecule has 1 N–H and O–H groups in total. The highest BCUT2D eigenvalue weighted by molar-refractivity contribution is 7.18. The summed E-state index contributed by atoms with van der Waals surface area (Å²) >= 11 is 1.47. The Balaban J connectivity index is 1.72. The first-order valence-corrected chi connectivity index (χ1v) is 6.94. The van der Waals surface area contributed by atoms with Crippen molar-refractivity contribution in [1.82, 2.24) is 10.2 Å². The van der Waals surface area contributed by atoms with E-state index in [0.29, 0.717) is 13.1 Å². The molecule has 0 unspecified atom stereocenters. The number of nitrogens with zero attached hydrogens (tertiary/aromatic N) is 3. The van der Waals surface area contributed by atoms with Gasteiger partial charge in [0, 0.05) is 18.7 Å². The lowest BCUT2D eigenvalue weighted by molar-refractivity contribution is -0.142. The molecule has 0 radical (unpaired) electrons. The second-order valence-electron chi connectivity index (χ2n) is 4.56. The number of hydrogen-bond acceptors (Lipinski definition) is 6. The van der Waals surface area contributed by atoms with E-state index in [0.717, 1.165) is 21.5 Å². The summed E-state index contributed by atoms with van der Waals surface area (Å²) in [7, 11) is 1.63. The van der Waals surface area contributed by atoms with E-state index in [1.807, 2.05) is 29.2 Å². The largest absolute Gasteiger partial charge is 0.497 e. The van der Waals surface area contributed by atoms with Crippen molar-refractivity contribution in [2.75, 3.05) is 25.1 Å². The van der Waals surface area contributed by atoms with Crippen LogP contribution in [0.15, 0.2) is 24.3 Å². The zero-order chi connectivity index (χ0) is 14.1. The third-order valence-corrected chi connectivity index (χ3v) is 4.29.